The lowest BCUT2D eigenvalue weighted by molar-refractivity contribution is -0.151. The molecule has 0 spiro atoms. The van der Waals surface area contributed by atoms with Gasteiger partial charge in [0, 0.05) is 19.1 Å². The van der Waals surface area contributed by atoms with Crippen molar-refractivity contribution in [2.45, 2.75) is 31.8 Å². The normalized spacial score (nSPS) is 21.4. The summed E-state index contributed by atoms with van der Waals surface area (Å²) >= 11 is 0. The predicted octanol–water partition coefficient (Wildman–Crippen LogP) is -1.58. The molecule has 20 heavy (non-hydrogen) atoms. The Morgan fingerprint density at radius 3 is 2.70 bits per heavy atom. The molecule has 0 aromatic rings. The van der Waals surface area contributed by atoms with E-state index in [1.807, 2.05) is 0 Å². The minimum absolute atomic E-state index is 0.151. The number of nitrogens with zero attached hydrogens (tertiary/aromatic N) is 1. The van der Waals surface area contributed by atoms with Gasteiger partial charge in [-0.05, 0) is 19.8 Å². The molecular weight excluding hydrogens is 286 g/mol. The molecule has 1 heterocycles. The summed E-state index contributed by atoms with van der Waals surface area (Å²) in [6.45, 7) is 2.44. The van der Waals surface area contributed by atoms with Gasteiger partial charge in [-0.15, -0.1) is 0 Å². The Morgan fingerprint density at radius 1 is 1.50 bits per heavy atom. The van der Waals surface area contributed by atoms with Crippen molar-refractivity contribution in [3.63, 3.8) is 0 Å². The fourth-order valence-corrected chi connectivity index (χ4v) is 2.90. The molecule has 9 heteroatoms. The van der Waals surface area contributed by atoms with Gasteiger partial charge in [0.05, 0.1) is 12.9 Å². The van der Waals surface area contributed by atoms with Gasteiger partial charge in [-0.25, -0.2) is 17.9 Å². The largest absolute Gasteiger partial charge is 0.464 e. The summed E-state index contributed by atoms with van der Waals surface area (Å²) in [4.78, 5) is 24.9. The Kier molecular flexibility index (Phi) is 5.90. The molecule has 2 unspecified atom stereocenters. The van der Waals surface area contributed by atoms with Crippen LogP contribution in [0.4, 0.5) is 0 Å². The van der Waals surface area contributed by atoms with Gasteiger partial charge in [-0.2, -0.15) is 0 Å². The SMILES string of the molecule is CCOC(=O)C(N)C(=O)N1CCCC(NS(C)(=O)=O)C1. The van der Waals surface area contributed by atoms with Crippen LogP contribution in [0, 0.1) is 0 Å². The van der Waals surface area contributed by atoms with Gasteiger partial charge in [-0.1, -0.05) is 0 Å². The molecule has 0 aliphatic carbocycles. The van der Waals surface area contributed by atoms with E-state index in [0.29, 0.717) is 19.4 Å². The first kappa shape index (κ1) is 16.9. The second-order valence-electron chi connectivity index (χ2n) is 4.74. The maximum atomic E-state index is 12.0. The quantitative estimate of drug-likeness (QED) is 0.467. The van der Waals surface area contributed by atoms with Gasteiger partial charge >= 0.3 is 5.97 Å². The third-order valence-corrected chi connectivity index (χ3v) is 3.68. The number of ether oxygens (including phenoxy) is 1. The number of likely N-dealkylation sites (tertiary alicyclic amines) is 1. The number of nitrogens with one attached hydrogen (secondary N) is 1. The van der Waals surface area contributed by atoms with E-state index in [9.17, 15) is 18.0 Å². The third-order valence-electron chi connectivity index (χ3n) is 2.92. The lowest BCUT2D eigenvalue weighted by atomic mass is 10.1. The van der Waals surface area contributed by atoms with Crippen molar-refractivity contribution >= 4 is 21.9 Å². The summed E-state index contributed by atoms with van der Waals surface area (Å²) in [6.07, 6.45) is 2.36. The van der Waals surface area contributed by atoms with Crippen molar-refractivity contribution in [2.75, 3.05) is 26.0 Å². The second-order valence-corrected chi connectivity index (χ2v) is 6.52. The number of sulfonamides is 1. The van der Waals surface area contributed by atoms with Crippen LogP contribution < -0.4 is 10.5 Å². The number of carbonyl (C=O) groups excluding carboxylic acids is 2. The van der Waals surface area contributed by atoms with E-state index in [1.54, 1.807) is 6.92 Å². The van der Waals surface area contributed by atoms with E-state index in [2.05, 4.69) is 4.72 Å². The van der Waals surface area contributed by atoms with Crippen LogP contribution in [0.3, 0.4) is 0 Å². The monoisotopic (exact) mass is 307 g/mol. The number of piperidine rings is 1. The standard InChI is InChI=1S/C11H21N3O5S/c1-3-19-11(16)9(12)10(15)14-6-4-5-8(7-14)13-20(2,17)18/h8-9,13H,3-7,12H2,1-2H3. The minimum Gasteiger partial charge on any atom is -0.464 e. The maximum absolute atomic E-state index is 12.0. The molecule has 8 nitrogen and oxygen atoms in total. The van der Waals surface area contributed by atoms with E-state index >= 15 is 0 Å². The maximum Gasteiger partial charge on any atom is 0.332 e. The van der Waals surface area contributed by atoms with Gasteiger partial charge in [0.1, 0.15) is 0 Å². The molecule has 116 valence electrons. The molecule has 1 saturated heterocycles. The van der Waals surface area contributed by atoms with Crippen molar-refractivity contribution in [1.29, 1.82) is 0 Å². The van der Waals surface area contributed by atoms with E-state index in [0.717, 1.165) is 6.26 Å². The number of esters is 1. The molecule has 0 aromatic carbocycles. The molecule has 1 aliphatic rings. The first-order valence-corrected chi connectivity index (χ1v) is 8.32. The molecular formula is C11H21N3O5S. The molecule has 0 bridgehead atoms. The summed E-state index contributed by atoms with van der Waals surface area (Å²) in [7, 11) is -3.33. The lowest BCUT2D eigenvalue weighted by Gasteiger charge is -2.33. The zero-order valence-corrected chi connectivity index (χ0v) is 12.5. The van der Waals surface area contributed by atoms with E-state index < -0.39 is 27.9 Å². The van der Waals surface area contributed by atoms with Crippen molar-refractivity contribution < 1.29 is 22.7 Å². The first-order chi connectivity index (χ1) is 9.24. The summed E-state index contributed by atoms with van der Waals surface area (Å²) in [6, 6.07) is -1.70. The zero-order valence-electron chi connectivity index (χ0n) is 11.7. The van der Waals surface area contributed by atoms with Gasteiger partial charge < -0.3 is 15.4 Å². The van der Waals surface area contributed by atoms with Crippen LogP contribution in [0.2, 0.25) is 0 Å². The number of amides is 1. The second kappa shape index (κ2) is 7.00. The number of nitrogens with two attached hydrogens (primary N) is 1. The average molecular weight is 307 g/mol. The van der Waals surface area contributed by atoms with Crippen molar-refractivity contribution in [3.05, 3.63) is 0 Å². The van der Waals surface area contributed by atoms with Crippen LogP contribution in [-0.4, -0.2) is 63.2 Å². The van der Waals surface area contributed by atoms with E-state index in [4.69, 9.17) is 10.5 Å². The highest BCUT2D eigenvalue weighted by molar-refractivity contribution is 7.88. The van der Waals surface area contributed by atoms with Crippen molar-refractivity contribution in [3.8, 4) is 0 Å². The first-order valence-electron chi connectivity index (χ1n) is 6.43. The molecule has 1 rings (SSSR count). The minimum atomic E-state index is -3.33. The summed E-state index contributed by atoms with van der Waals surface area (Å²) < 4.78 is 29.5. The molecule has 1 amide bonds. The number of hydrogen-bond donors (Lipinski definition) is 2. The number of carbonyl (C=O) groups is 2. The Morgan fingerprint density at radius 2 is 2.15 bits per heavy atom. The Hall–Kier alpha value is -1.19. The Bertz CT molecular complexity index is 465. The molecule has 1 fully saturated rings. The van der Waals surface area contributed by atoms with Crippen LogP contribution in [0.15, 0.2) is 0 Å². The third kappa shape index (κ3) is 5.06. The highest BCUT2D eigenvalue weighted by Gasteiger charge is 2.32. The van der Waals surface area contributed by atoms with Gasteiger partial charge in [0.25, 0.3) is 5.91 Å². The highest BCUT2D eigenvalue weighted by atomic mass is 32.2. The van der Waals surface area contributed by atoms with Crippen LogP contribution in [-0.2, 0) is 24.3 Å². The molecule has 3 N–H and O–H groups in total. The van der Waals surface area contributed by atoms with Crippen LogP contribution in [0.5, 0.6) is 0 Å². The molecule has 0 saturated carbocycles. The van der Waals surface area contributed by atoms with Gasteiger partial charge in [0.15, 0.2) is 6.04 Å². The molecule has 0 aromatic heterocycles. The van der Waals surface area contributed by atoms with Crippen molar-refractivity contribution in [2.24, 2.45) is 5.73 Å². The summed E-state index contributed by atoms with van der Waals surface area (Å²) in [5.41, 5.74) is 5.55. The number of rotatable bonds is 5. The summed E-state index contributed by atoms with van der Waals surface area (Å²) in [5, 5.41) is 0. The van der Waals surface area contributed by atoms with Crippen LogP contribution in [0.25, 0.3) is 0 Å². The topological polar surface area (TPSA) is 119 Å². The van der Waals surface area contributed by atoms with Crippen molar-refractivity contribution in [1.82, 2.24) is 9.62 Å². The predicted molar refractivity (Wildman–Crippen MR) is 72.2 cm³/mol. The molecule has 2 atom stereocenters. The summed E-state index contributed by atoms with van der Waals surface area (Å²) in [5.74, 6) is -1.31. The van der Waals surface area contributed by atoms with Gasteiger partial charge in [0.2, 0.25) is 10.0 Å². The Labute approximate surface area is 118 Å². The Balaban J connectivity index is 2.62. The van der Waals surface area contributed by atoms with Crippen LogP contribution in [0.1, 0.15) is 19.8 Å². The molecule has 1 aliphatic heterocycles. The average Bonchev–Trinajstić information content (AvgIpc) is 2.35. The van der Waals surface area contributed by atoms with Crippen LogP contribution >= 0.6 is 0 Å². The van der Waals surface area contributed by atoms with E-state index in [-0.39, 0.29) is 19.2 Å². The smallest absolute Gasteiger partial charge is 0.332 e. The number of hydrogen-bond acceptors (Lipinski definition) is 6. The zero-order chi connectivity index (χ0) is 15.3. The lowest BCUT2D eigenvalue weighted by Crippen LogP contribution is -2.55. The fraction of sp³-hybridized carbons (Fsp3) is 0.818. The fourth-order valence-electron chi connectivity index (χ4n) is 2.11. The van der Waals surface area contributed by atoms with Gasteiger partial charge in [-0.3, -0.25) is 4.79 Å². The molecule has 0 radical (unpaired) electrons. The highest BCUT2D eigenvalue weighted by Crippen LogP contribution is 2.12. The van der Waals surface area contributed by atoms with E-state index in [1.165, 1.54) is 4.90 Å².